The van der Waals surface area contributed by atoms with Crippen LogP contribution < -0.4 is 4.90 Å². The van der Waals surface area contributed by atoms with Gasteiger partial charge >= 0.3 is 0 Å². The minimum Gasteiger partial charge on any atom is -0.370 e. The third-order valence-electron chi connectivity index (χ3n) is 6.81. The van der Waals surface area contributed by atoms with E-state index in [4.69, 9.17) is 0 Å². The highest BCUT2D eigenvalue weighted by molar-refractivity contribution is 7.88. The number of rotatable bonds is 3. The second kappa shape index (κ2) is 8.54. The van der Waals surface area contributed by atoms with Gasteiger partial charge in [0.25, 0.3) is 5.91 Å². The Morgan fingerprint density at radius 1 is 1.24 bits per heavy atom. The minimum atomic E-state index is -3.34. The number of hydrogen-bond donors (Lipinski definition) is 0. The van der Waals surface area contributed by atoms with Crippen LogP contribution in [0.3, 0.4) is 0 Å². The molecule has 0 spiro atoms. The van der Waals surface area contributed by atoms with Crippen molar-refractivity contribution in [1.82, 2.24) is 14.2 Å². The zero-order valence-corrected chi connectivity index (χ0v) is 19.9. The van der Waals surface area contributed by atoms with Crippen molar-refractivity contribution in [2.24, 2.45) is 5.41 Å². The Balaban J connectivity index is 1.73. The number of hydrogen-bond acceptors (Lipinski definition) is 6. The molecule has 176 valence electrons. The topological polar surface area (TPSA) is 97.6 Å². The molecule has 2 saturated heterocycles. The van der Waals surface area contributed by atoms with Gasteiger partial charge in [0.2, 0.25) is 10.0 Å². The smallest absolute Gasteiger partial charge is 0.257 e. The summed E-state index contributed by atoms with van der Waals surface area (Å²) in [5.74, 6) is -0.665. The third kappa shape index (κ3) is 4.52. The second-order valence-corrected chi connectivity index (χ2v) is 11.3. The maximum atomic E-state index is 14.2. The number of carbonyl (C=O) groups excluding carboxylic acids is 1. The van der Waals surface area contributed by atoms with Crippen LogP contribution in [0.5, 0.6) is 0 Å². The first kappa shape index (κ1) is 23.4. The second-order valence-electron chi connectivity index (χ2n) is 9.31. The summed E-state index contributed by atoms with van der Waals surface area (Å²) in [4.78, 5) is 21.8. The molecule has 2 aliphatic rings. The molecule has 10 heteroatoms. The summed E-state index contributed by atoms with van der Waals surface area (Å²) in [5, 5.41) is 10.1. The highest BCUT2D eigenvalue weighted by Gasteiger charge is 2.36. The Hall–Kier alpha value is -2.77. The molecule has 8 nitrogen and oxygen atoms in total. The zero-order valence-electron chi connectivity index (χ0n) is 19.1. The van der Waals surface area contributed by atoms with Crippen LogP contribution in [0.2, 0.25) is 0 Å². The van der Waals surface area contributed by atoms with E-state index in [1.54, 1.807) is 11.0 Å². The summed E-state index contributed by atoms with van der Waals surface area (Å²) in [5.41, 5.74) is 1.16. The molecular formula is C23H28FN5O3S. The van der Waals surface area contributed by atoms with Crippen LogP contribution in [0.25, 0.3) is 10.9 Å². The molecule has 0 N–H and O–H groups in total. The number of piperazine rings is 1. The first-order valence-corrected chi connectivity index (χ1v) is 12.9. The number of amides is 1. The van der Waals surface area contributed by atoms with E-state index in [0.29, 0.717) is 48.1 Å². The first-order valence-electron chi connectivity index (χ1n) is 11.0. The highest BCUT2D eigenvalue weighted by Crippen LogP contribution is 2.37. The largest absolute Gasteiger partial charge is 0.370 e. The quantitative estimate of drug-likeness (QED) is 0.680. The first-order chi connectivity index (χ1) is 15.5. The molecule has 2 aliphatic heterocycles. The van der Waals surface area contributed by atoms with Gasteiger partial charge in [-0.25, -0.2) is 12.8 Å². The van der Waals surface area contributed by atoms with Gasteiger partial charge < -0.3 is 9.80 Å². The molecule has 1 aromatic carbocycles. The van der Waals surface area contributed by atoms with Gasteiger partial charge in [-0.15, -0.1) is 0 Å². The summed E-state index contributed by atoms with van der Waals surface area (Å²) in [6.45, 7) is 5.60. The molecule has 33 heavy (non-hydrogen) atoms. The van der Waals surface area contributed by atoms with E-state index in [2.05, 4.69) is 11.1 Å². The number of fused-ring (bicyclic) bond motifs is 1. The molecule has 0 aliphatic carbocycles. The number of sulfonamides is 1. The fraction of sp³-hybridized carbons (Fsp3) is 0.522. The van der Waals surface area contributed by atoms with Crippen LogP contribution in [0.15, 0.2) is 24.4 Å². The molecule has 1 unspecified atom stereocenters. The summed E-state index contributed by atoms with van der Waals surface area (Å²) >= 11 is 0. The lowest BCUT2D eigenvalue weighted by molar-refractivity contribution is 0.0592. The van der Waals surface area contributed by atoms with Gasteiger partial charge in [0.05, 0.1) is 34.5 Å². The van der Waals surface area contributed by atoms with E-state index < -0.39 is 21.3 Å². The third-order valence-corrected chi connectivity index (χ3v) is 8.07. The monoisotopic (exact) mass is 473 g/mol. The number of benzene rings is 1. The Morgan fingerprint density at radius 3 is 2.55 bits per heavy atom. The number of nitrogens with zero attached hydrogens (tertiary/aromatic N) is 5. The fourth-order valence-electron chi connectivity index (χ4n) is 4.67. The molecule has 1 amide bonds. The van der Waals surface area contributed by atoms with Crippen LogP contribution in [-0.4, -0.2) is 73.5 Å². The van der Waals surface area contributed by atoms with Crippen molar-refractivity contribution < 1.29 is 17.6 Å². The zero-order chi connectivity index (χ0) is 24.0. The lowest BCUT2D eigenvalue weighted by Crippen LogP contribution is -2.55. The van der Waals surface area contributed by atoms with Gasteiger partial charge in [-0.1, -0.05) is 0 Å². The molecule has 1 aromatic heterocycles. The predicted molar refractivity (Wildman–Crippen MR) is 124 cm³/mol. The van der Waals surface area contributed by atoms with Gasteiger partial charge in [-0.3, -0.25) is 9.78 Å². The van der Waals surface area contributed by atoms with E-state index in [0.717, 1.165) is 0 Å². The Morgan fingerprint density at radius 2 is 1.94 bits per heavy atom. The van der Waals surface area contributed by atoms with Crippen LogP contribution >= 0.6 is 0 Å². The van der Waals surface area contributed by atoms with Gasteiger partial charge in [0.15, 0.2) is 0 Å². The van der Waals surface area contributed by atoms with E-state index in [1.807, 2.05) is 18.7 Å². The van der Waals surface area contributed by atoms with Crippen molar-refractivity contribution >= 4 is 32.5 Å². The maximum Gasteiger partial charge on any atom is 0.257 e. The van der Waals surface area contributed by atoms with Gasteiger partial charge in [0.1, 0.15) is 5.82 Å². The van der Waals surface area contributed by atoms with Crippen molar-refractivity contribution in [3.05, 3.63) is 35.8 Å². The summed E-state index contributed by atoms with van der Waals surface area (Å²) in [6, 6.07) is 6.40. The number of pyridine rings is 1. The number of halogens is 1. The standard InChI is InChI=1S/C23H28FN5O3S/c1-16-14-28(33(3,31)32)10-11-29(16)22(30)19-13-26-20-5-4-17(24)12-18(20)21(19)27-8-6-23(2,15-25)7-9-27/h4-5,12-13,16H,6-11,14H2,1-3H3. The van der Waals surface area contributed by atoms with Gasteiger partial charge in [-0.2, -0.15) is 9.57 Å². The molecule has 0 saturated carbocycles. The Bertz CT molecular complexity index is 1230. The summed E-state index contributed by atoms with van der Waals surface area (Å²) < 4.78 is 39.5. The SMILES string of the molecule is CC1CN(S(C)(=O)=O)CCN1C(=O)c1cnc2ccc(F)cc2c1N1CCC(C)(C#N)CC1. The normalized spacial score (nSPS) is 21.7. The number of aromatic nitrogens is 1. The summed E-state index contributed by atoms with van der Waals surface area (Å²) in [7, 11) is -3.34. The minimum absolute atomic E-state index is 0.222. The van der Waals surface area contributed by atoms with Crippen molar-refractivity contribution in [2.75, 3.05) is 43.9 Å². The lowest BCUT2D eigenvalue weighted by atomic mass is 9.81. The lowest BCUT2D eigenvalue weighted by Gasteiger charge is -2.40. The van der Waals surface area contributed by atoms with E-state index in [1.165, 1.54) is 28.9 Å². The maximum absolute atomic E-state index is 14.2. The van der Waals surface area contributed by atoms with Gasteiger partial charge in [-0.05, 0) is 44.9 Å². The van der Waals surface area contributed by atoms with Crippen LogP contribution in [0, 0.1) is 22.6 Å². The number of piperidine rings is 1. The average Bonchev–Trinajstić information content (AvgIpc) is 2.78. The Kier molecular flexibility index (Phi) is 6.05. The van der Waals surface area contributed by atoms with Crippen molar-refractivity contribution in [3.63, 3.8) is 0 Å². The number of carbonyl (C=O) groups is 1. The predicted octanol–water partition coefficient (Wildman–Crippen LogP) is 2.61. The van der Waals surface area contributed by atoms with Crippen LogP contribution in [0.1, 0.15) is 37.0 Å². The fourth-order valence-corrected chi connectivity index (χ4v) is 5.57. The molecule has 3 heterocycles. The number of anilines is 1. The molecule has 0 bridgehead atoms. The Labute approximate surface area is 193 Å². The van der Waals surface area contributed by atoms with Crippen molar-refractivity contribution in [2.45, 2.75) is 32.7 Å². The molecule has 2 aromatic rings. The van der Waals surface area contributed by atoms with E-state index in [-0.39, 0.29) is 31.6 Å². The summed E-state index contributed by atoms with van der Waals surface area (Å²) in [6.07, 6.45) is 3.98. The molecule has 0 radical (unpaired) electrons. The van der Waals surface area contributed by atoms with Crippen LogP contribution in [0.4, 0.5) is 10.1 Å². The molecule has 1 atom stereocenters. The molecule has 2 fully saturated rings. The average molecular weight is 474 g/mol. The van der Waals surface area contributed by atoms with E-state index >= 15 is 0 Å². The van der Waals surface area contributed by atoms with Crippen molar-refractivity contribution in [1.29, 1.82) is 5.26 Å². The van der Waals surface area contributed by atoms with E-state index in [9.17, 15) is 22.9 Å². The number of nitriles is 1. The van der Waals surface area contributed by atoms with Crippen LogP contribution in [-0.2, 0) is 10.0 Å². The van der Waals surface area contributed by atoms with Gasteiger partial charge in [0, 0.05) is 50.3 Å². The van der Waals surface area contributed by atoms with Crippen molar-refractivity contribution in [3.8, 4) is 6.07 Å². The molecule has 4 rings (SSSR count). The highest BCUT2D eigenvalue weighted by atomic mass is 32.2. The molecular weight excluding hydrogens is 445 g/mol.